The van der Waals surface area contributed by atoms with Crippen molar-refractivity contribution in [2.24, 2.45) is 21.9 Å². The van der Waals surface area contributed by atoms with Crippen molar-refractivity contribution in [2.45, 2.75) is 39.2 Å². The smallest absolute Gasteiger partial charge is 0.316 e. The lowest BCUT2D eigenvalue weighted by Crippen LogP contribution is -2.20. The van der Waals surface area contributed by atoms with Crippen molar-refractivity contribution in [1.82, 2.24) is 0 Å². The SMILES string of the molecule is CCCC(CC)C1=C2C(=O)c3c(NC(N)=O)cccc3C2N=N1. The summed E-state index contributed by atoms with van der Waals surface area (Å²) >= 11 is 0. The second-order valence-corrected chi connectivity index (χ2v) is 5.90. The van der Waals surface area contributed by atoms with Gasteiger partial charge in [-0.15, -0.1) is 0 Å². The number of rotatable bonds is 5. The van der Waals surface area contributed by atoms with E-state index in [0.29, 0.717) is 16.8 Å². The summed E-state index contributed by atoms with van der Waals surface area (Å²) in [5, 5.41) is 11.2. The summed E-state index contributed by atoms with van der Waals surface area (Å²) in [6, 6.07) is 4.31. The minimum absolute atomic E-state index is 0.0936. The van der Waals surface area contributed by atoms with Gasteiger partial charge in [0.05, 0.1) is 22.5 Å². The number of benzene rings is 1. The van der Waals surface area contributed by atoms with Crippen LogP contribution in [0.4, 0.5) is 10.5 Å². The summed E-state index contributed by atoms with van der Waals surface area (Å²) < 4.78 is 0. The summed E-state index contributed by atoms with van der Waals surface area (Å²) in [6.07, 6.45) is 2.94. The highest BCUT2D eigenvalue weighted by molar-refractivity contribution is 6.19. The van der Waals surface area contributed by atoms with Crippen molar-refractivity contribution >= 4 is 17.5 Å². The van der Waals surface area contributed by atoms with E-state index in [1.807, 2.05) is 6.07 Å². The third-order valence-electron chi connectivity index (χ3n) is 4.47. The molecule has 3 N–H and O–H groups in total. The maximum absolute atomic E-state index is 12.9. The number of amides is 2. The first-order valence-electron chi connectivity index (χ1n) is 7.97. The number of primary amides is 1. The molecule has 23 heavy (non-hydrogen) atoms. The number of ketones is 1. The fourth-order valence-electron chi connectivity index (χ4n) is 3.44. The molecule has 6 nitrogen and oxygen atoms in total. The third-order valence-corrected chi connectivity index (χ3v) is 4.47. The van der Waals surface area contributed by atoms with Crippen molar-refractivity contribution < 1.29 is 9.59 Å². The van der Waals surface area contributed by atoms with Crippen molar-refractivity contribution in [3.8, 4) is 0 Å². The zero-order valence-corrected chi connectivity index (χ0v) is 13.3. The van der Waals surface area contributed by atoms with E-state index < -0.39 is 6.03 Å². The molecule has 1 aromatic rings. The van der Waals surface area contributed by atoms with Crippen LogP contribution in [0.1, 0.15) is 55.1 Å². The molecular formula is C17H20N4O2. The predicted molar refractivity (Wildman–Crippen MR) is 87.3 cm³/mol. The van der Waals surface area contributed by atoms with Gasteiger partial charge in [-0.05, 0) is 24.5 Å². The van der Waals surface area contributed by atoms with Crippen molar-refractivity contribution in [1.29, 1.82) is 0 Å². The molecule has 0 saturated heterocycles. The number of Topliss-reactive ketones (excluding diaryl/α,β-unsaturated/α-hetero) is 1. The number of azo groups is 1. The molecule has 1 heterocycles. The lowest BCUT2D eigenvalue weighted by molar-refractivity contribution is 0.103. The van der Waals surface area contributed by atoms with Gasteiger partial charge in [0.1, 0.15) is 6.04 Å². The summed E-state index contributed by atoms with van der Waals surface area (Å²) in [4.78, 5) is 24.1. The molecule has 2 amide bonds. The van der Waals surface area contributed by atoms with Gasteiger partial charge in [0, 0.05) is 5.92 Å². The number of anilines is 1. The van der Waals surface area contributed by atoms with Crippen LogP contribution in [0, 0.1) is 5.92 Å². The quantitative estimate of drug-likeness (QED) is 0.860. The molecule has 1 aliphatic heterocycles. The number of nitrogens with two attached hydrogens (primary N) is 1. The van der Waals surface area contributed by atoms with E-state index in [1.165, 1.54) is 0 Å². The van der Waals surface area contributed by atoms with Crippen LogP contribution in [-0.4, -0.2) is 11.8 Å². The second kappa shape index (κ2) is 5.95. The molecule has 0 bridgehead atoms. The molecule has 0 fully saturated rings. The molecule has 2 atom stereocenters. The van der Waals surface area contributed by atoms with Gasteiger partial charge in [0.2, 0.25) is 0 Å². The monoisotopic (exact) mass is 312 g/mol. The first-order valence-corrected chi connectivity index (χ1v) is 7.97. The second-order valence-electron chi connectivity index (χ2n) is 5.90. The van der Waals surface area contributed by atoms with Gasteiger partial charge in [-0.2, -0.15) is 10.2 Å². The topological polar surface area (TPSA) is 96.9 Å². The van der Waals surface area contributed by atoms with Crippen LogP contribution in [0.2, 0.25) is 0 Å². The first-order chi connectivity index (χ1) is 11.1. The molecule has 1 aromatic carbocycles. The molecule has 2 aliphatic rings. The van der Waals surface area contributed by atoms with E-state index in [4.69, 9.17) is 5.73 Å². The average molecular weight is 312 g/mol. The molecule has 2 unspecified atom stereocenters. The van der Waals surface area contributed by atoms with Gasteiger partial charge >= 0.3 is 6.03 Å². The van der Waals surface area contributed by atoms with Gasteiger partial charge in [-0.25, -0.2) is 4.79 Å². The van der Waals surface area contributed by atoms with E-state index in [9.17, 15) is 9.59 Å². The van der Waals surface area contributed by atoms with Crippen LogP contribution in [0.25, 0.3) is 0 Å². The number of carbonyl (C=O) groups excluding carboxylic acids is 2. The highest BCUT2D eigenvalue weighted by Crippen LogP contribution is 2.48. The van der Waals surface area contributed by atoms with Crippen LogP contribution in [0.15, 0.2) is 39.7 Å². The molecule has 0 spiro atoms. The van der Waals surface area contributed by atoms with Crippen LogP contribution < -0.4 is 11.1 Å². The van der Waals surface area contributed by atoms with E-state index in [0.717, 1.165) is 30.5 Å². The Labute approximate surface area is 134 Å². The maximum atomic E-state index is 12.9. The van der Waals surface area contributed by atoms with E-state index in [1.54, 1.807) is 12.1 Å². The molecule has 1 aliphatic carbocycles. The number of nitrogens with one attached hydrogen (secondary N) is 1. The summed E-state index contributed by atoms with van der Waals surface area (Å²) in [5.41, 5.74) is 8.41. The lowest BCUT2D eigenvalue weighted by Gasteiger charge is -2.13. The fraction of sp³-hybridized carbons (Fsp3) is 0.412. The van der Waals surface area contributed by atoms with E-state index >= 15 is 0 Å². The minimum Gasteiger partial charge on any atom is -0.351 e. The summed E-state index contributed by atoms with van der Waals surface area (Å²) in [7, 11) is 0. The highest BCUT2D eigenvalue weighted by Gasteiger charge is 2.43. The summed E-state index contributed by atoms with van der Waals surface area (Å²) in [6.45, 7) is 4.22. The highest BCUT2D eigenvalue weighted by atomic mass is 16.2. The van der Waals surface area contributed by atoms with Crippen LogP contribution in [0.5, 0.6) is 0 Å². The third kappa shape index (κ3) is 2.44. The number of nitrogens with zero attached hydrogens (tertiary/aromatic N) is 2. The number of hydrogen-bond acceptors (Lipinski definition) is 4. The van der Waals surface area contributed by atoms with Crippen molar-refractivity contribution in [3.05, 3.63) is 40.6 Å². The normalized spacial score (nSPS) is 19.7. The molecule has 0 aromatic heterocycles. The zero-order chi connectivity index (χ0) is 16.6. The number of allylic oxidation sites excluding steroid dienone is 1. The van der Waals surface area contributed by atoms with Gasteiger partial charge in [-0.1, -0.05) is 32.4 Å². The Morgan fingerprint density at radius 2 is 2.17 bits per heavy atom. The van der Waals surface area contributed by atoms with Crippen molar-refractivity contribution in [2.75, 3.05) is 5.32 Å². The Bertz CT molecular complexity index is 736. The standard InChI is InChI=1S/C17H20N4O2/c1-3-6-9(4-2)14-13-15(21-20-14)10-7-5-8-11(19-17(18)23)12(10)16(13)22/h5,7-9,15H,3-4,6H2,1-2H3,(H3,18,19,23). The van der Waals surface area contributed by atoms with Gasteiger partial charge in [-0.3, -0.25) is 4.79 Å². The fourth-order valence-corrected chi connectivity index (χ4v) is 3.44. The molecular weight excluding hydrogens is 292 g/mol. The average Bonchev–Trinajstić information content (AvgIpc) is 3.06. The Morgan fingerprint density at radius 3 is 2.83 bits per heavy atom. The molecule has 0 radical (unpaired) electrons. The minimum atomic E-state index is -0.684. The number of urea groups is 1. The van der Waals surface area contributed by atoms with Crippen LogP contribution >= 0.6 is 0 Å². The number of fused-ring (bicyclic) bond motifs is 3. The van der Waals surface area contributed by atoms with Gasteiger partial charge in [0.25, 0.3) is 0 Å². The Balaban J connectivity index is 2.08. The number of hydrogen-bond donors (Lipinski definition) is 2. The van der Waals surface area contributed by atoms with E-state index in [2.05, 4.69) is 29.4 Å². The Morgan fingerprint density at radius 1 is 1.39 bits per heavy atom. The lowest BCUT2D eigenvalue weighted by atomic mass is 9.92. The van der Waals surface area contributed by atoms with Crippen molar-refractivity contribution in [3.63, 3.8) is 0 Å². The Hall–Kier alpha value is -2.50. The van der Waals surface area contributed by atoms with E-state index in [-0.39, 0.29) is 17.7 Å². The maximum Gasteiger partial charge on any atom is 0.316 e. The van der Waals surface area contributed by atoms with Gasteiger partial charge in [0.15, 0.2) is 5.78 Å². The molecule has 6 heteroatoms. The molecule has 120 valence electrons. The Kier molecular flexibility index (Phi) is 3.98. The molecule has 0 saturated carbocycles. The summed E-state index contributed by atoms with van der Waals surface area (Å²) in [5.74, 6) is 0.151. The predicted octanol–water partition coefficient (Wildman–Crippen LogP) is 3.96. The molecule has 3 rings (SSSR count). The van der Waals surface area contributed by atoms with Crippen LogP contribution in [0.3, 0.4) is 0 Å². The van der Waals surface area contributed by atoms with Gasteiger partial charge < -0.3 is 11.1 Å². The first kappa shape index (κ1) is 15.4. The largest absolute Gasteiger partial charge is 0.351 e. The van der Waals surface area contributed by atoms with Crippen LogP contribution in [-0.2, 0) is 0 Å². The number of carbonyl (C=O) groups is 2. The zero-order valence-electron chi connectivity index (χ0n) is 13.3.